The van der Waals surface area contributed by atoms with E-state index in [1.54, 1.807) is 12.1 Å². The number of carbonyl (C=O) groups is 1. The van der Waals surface area contributed by atoms with Crippen LogP contribution < -0.4 is 0 Å². The molecule has 1 aliphatic rings. The van der Waals surface area contributed by atoms with Gasteiger partial charge in [-0.1, -0.05) is 25.5 Å². The Balaban J connectivity index is 2.07. The largest absolute Gasteiger partial charge is 0.478 e. The maximum Gasteiger partial charge on any atom is 0.338 e. The first-order valence-electron chi connectivity index (χ1n) is 6.84. The van der Waals surface area contributed by atoms with Gasteiger partial charge >= 0.3 is 5.97 Å². The standard InChI is InChI=1S/C15H20FNO2/c1-2-17(9-11-5-3-6-11)10-12-7-4-8-13(14(12)16)15(18)19/h4,7-8,11H,2-3,5-6,9-10H2,1H3,(H,18,19). The molecule has 3 nitrogen and oxygen atoms in total. The molecule has 1 N–H and O–H groups in total. The maximum absolute atomic E-state index is 14.0. The summed E-state index contributed by atoms with van der Waals surface area (Å²) in [6.45, 7) is 4.37. The molecule has 0 heterocycles. The van der Waals surface area contributed by atoms with Crippen molar-refractivity contribution in [1.29, 1.82) is 0 Å². The fourth-order valence-corrected chi connectivity index (χ4v) is 2.45. The van der Waals surface area contributed by atoms with E-state index in [4.69, 9.17) is 5.11 Å². The quantitative estimate of drug-likeness (QED) is 0.859. The second-order valence-electron chi connectivity index (χ2n) is 5.21. The zero-order chi connectivity index (χ0) is 13.8. The number of halogens is 1. The Hall–Kier alpha value is -1.42. The van der Waals surface area contributed by atoms with Crippen molar-refractivity contribution in [3.63, 3.8) is 0 Å². The highest BCUT2D eigenvalue weighted by Crippen LogP contribution is 2.27. The molecule has 1 saturated carbocycles. The molecule has 0 aromatic heterocycles. The van der Waals surface area contributed by atoms with Crippen molar-refractivity contribution >= 4 is 5.97 Å². The van der Waals surface area contributed by atoms with Crippen molar-refractivity contribution in [3.05, 3.63) is 35.1 Å². The third-order valence-corrected chi connectivity index (χ3v) is 3.89. The Bertz CT molecular complexity index is 457. The number of aromatic carboxylic acids is 1. The Morgan fingerprint density at radius 1 is 1.47 bits per heavy atom. The maximum atomic E-state index is 14.0. The second kappa shape index (κ2) is 6.15. The fraction of sp³-hybridized carbons (Fsp3) is 0.533. The molecule has 0 unspecified atom stereocenters. The third-order valence-electron chi connectivity index (χ3n) is 3.89. The fourth-order valence-electron chi connectivity index (χ4n) is 2.45. The first kappa shape index (κ1) is 14.0. The van der Waals surface area contributed by atoms with Gasteiger partial charge in [-0.25, -0.2) is 9.18 Å². The summed E-state index contributed by atoms with van der Waals surface area (Å²) in [5, 5.41) is 8.92. The molecule has 104 valence electrons. The van der Waals surface area contributed by atoms with Gasteiger partial charge in [0.2, 0.25) is 0 Å². The summed E-state index contributed by atoms with van der Waals surface area (Å²) in [4.78, 5) is 13.1. The molecule has 0 saturated heterocycles. The van der Waals surface area contributed by atoms with E-state index in [9.17, 15) is 9.18 Å². The van der Waals surface area contributed by atoms with Gasteiger partial charge in [-0.3, -0.25) is 4.90 Å². The van der Waals surface area contributed by atoms with E-state index in [2.05, 4.69) is 11.8 Å². The molecule has 1 fully saturated rings. The van der Waals surface area contributed by atoms with Crippen LogP contribution in [0, 0.1) is 11.7 Å². The van der Waals surface area contributed by atoms with Gasteiger partial charge in [0.15, 0.2) is 0 Å². The summed E-state index contributed by atoms with van der Waals surface area (Å²) in [6, 6.07) is 4.59. The molecule has 0 bridgehead atoms. The monoisotopic (exact) mass is 265 g/mol. The number of benzene rings is 1. The number of rotatable bonds is 6. The van der Waals surface area contributed by atoms with E-state index in [0.717, 1.165) is 19.0 Å². The molecule has 0 atom stereocenters. The molecule has 0 spiro atoms. The predicted molar refractivity (Wildman–Crippen MR) is 71.7 cm³/mol. The topological polar surface area (TPSA) is 40.5 Å². The third kappa shape index (κ3) is 3.32. The van der Waals surface area contributed by atoms with Crippen LogP contribution in [0.2, 0.25) is 0 Å². The van der Waals surface area contributed by atoms with E-state index in [0.29, 0.717) is 12.1 Å². The SMILES string of the molecule is CCN(Cc1cccc(C(=O)O)c1F)CC1CCC1. The smallest absolute Gasteiger partial charge is 0.338 e. The Morgan fingerprint density at radius 3 is 2.74 bits per heavy atom. The Kier molecular flexibility index (Phi) is 4.53. The van der Waals surface area contributed by atoms with E-state index < -0.39 is 11.8 Å². The Labute approximate surface area is 113 Å². The minimum atomic E-state index is -1.21. The van der Waals surface area contributed by atoms with Crippen LogP contribution >= 0.6 is 0 Å². The highest BCUT2D eigenvalue weighted by atomic mass is 19.1. The van der Waals surface area contributed by atoms with Gasteiger partial charge in [-0.15, -0.1) is 0 Å². The number of nitrogens with zero attached hydrogens (tertiary/aromatic N) is 1. The minimum absolute atomic E-state index is 0.239. The van der Waals surface area contributed by atoms with Crippen LogP contribution in [-0.4, -0.2) is 29.1 Å². The van der Waals surface area contributed by atoms with Crippen LogP contribution in [0.1, 0.15) is 42.1 Å². The number of carboxylic acid groups (broad SMARTS) is 1. The van der Waals surface area contributed by atoms with Gasteiger partial charge in [0, 0.05) is 18.7 Å². The van der Waals surface area contributed by atoms with E-state index >= 15 is 0 Å². The lowest BCUT2D eigenvalue weighted by atomic mass is 9.85. The molecule has 0 aliphatic heterocycles. The highest BCUT2D eigenvalue weighted by molar-refractivity contribution is 5.88. The zero-order valence-electron chi connectivity index (χ0n) is 11.2. The first-order chi connectivity index (χ1) is 9.11. The lowest BCUT2D eigenvalue weighted by Crippen LogP contribution is -2.32. The van der Waals surface area contributed by atoms with Crippen LogP contribution in [0.5, 0.6) is 0 Å². The normalized spacial score (nSPS) is 15.5. The van der Waals surface area contributed by atoms with Crippen molar-refractivity contribution in [2.45, 2.75) is 32.7 Å². The summed E-state index contributed by atoms with van der Waals surface area (Å²) in [7, 11) is 0. The summed E-state index contributed by atoms with van der Waals surface area (Å²) in [5.74, 6) is -1.07. The van der Waals surface area contributed by atoms with Crippen molar-refractivity contribution in [2.24, 2.45) is 5.92 Å². The molecule has 1 aliphatic carbocycles. The van der Waals surface area contributed by atoms with Gasteiger partial charge in [0.05, 0.1) is 5.56 Å². The second-order valence-corrected chi connectivity index (χ2v) is 5.21. The predicted octanol–water partition coefficient (Wildman–Crippen LogP) is 3.15. The average Bonchev–Trinajstić information content (AvgIpc) is 2.33. The molecule has 19 heavy (non-hydrogen) atoms. The highest BCUT2D eigenvalue weighted by Gasteiger charge is 2.21. The van der Waals surface area contributed by atoms with Crippen molar-refractivity contribution in [2.75, 3.05) is 13.1 Å². The van der Waals surface area contributed by atoms with Crippen molar-refractivity contribution in [1.82, 2.24) is 4.90 Å². The average molecular weight is 265 g/mol. The first-order valence-corrected chi connectivity index (χ1v) is 6.84. The summed E-state index contributed by atoms with van der Waals surface area (Å²) < 4.78 is 14.0. The molecule has 2 rings (SSSR count). The van der Waals surface area contributed by atoms with Crippen molar-refractivity contribution in [3.8, 4) is 0 Å². The number of hydrogen-bond acceptors (Lipinski definition) is 2. The van der Waals surface area contributed by atoms with Crippen molar-refractivity contribution < 1.29 is 14.3 Å². The van der Waals surface area contributed by atoms with E-state index in [1.807, 2.05) is 0 Å². The van der Waals surface area contributed by atoms with Gasteiger partial charge < -0.3 is 5.11 Å². The lowest BCUT2D eigenvalue weighted by molar-refractivity contribution is 0.0691. The minimum Gasteiger partial charge on any atom is -0.478 e. The molecule has 0 radical (unpaired) electrons. The van der Waals surface area contributed by atoms with Crippen LogP contribution in [0.4, 0.5) is 4.39 Å². The zero-order valence-corrected chi connectivity index (χ0v) is 11.2. The van der Waals surface area contributed by atoms with Crippen LogP contribution in [0.25, 0.3) is 0 Å². The van der Waals surface area contributed by atoms with E-state index in [1.165, 1.54) is 25.3 Å². The van der Waals surface area contributed by atoms with Gasteiger partial charge in [-0.2, -0.15) is 0 Å². The summed E-state index contributed by atoms with van der Waals surface area (Å²) in [5.41, 5.74) is 0.235. The van der Waals surface area contributed by atoms with Gasteiger partial charge in [0.25, 0.3) is 0 Å². The lowest BCUT2D eigenvalue weighted by Gasteiger charge is -2.31. The number of carboxylic acids is 1. The number of hydrogen-bond donors (Lipinski definition) is 1. The van der Waals surface area contributed by atoms with Crippen LogP contribution in [0.15, 0.2) is 18.2 Å². The van der Waals surface area contributed by atoms with Crippen LogP contribution in [0.3, 0.4) is 0 Å². The molecule has 1 aromatic rings. The summed E-state index contributed by atoms with van der Waals surface area (Å²) >= 11 is 0. The van der Waals surface area contributed by atoms with Gasteiger partial charge in [0.1, 0.15) is 5.82 Å². The molecular formula is C15H20FNO2. The molecule has 1 aromatic carbocycles. The molecular weight excluding hydrogens is 245 g/mol. The van der Waals surface area contributed by atoms with Gasteiger partial charge in [-0.05, 0) is 31.4 Å². The summed E-state index contributed by atoms with van der Waals surface area (Å²) in [6.07, 6.45) is 3.81. The molecule has 4 heteroatoms. The molecule has 0 amide bonds. The van der Waals surface area contributed by atoms with Crippen LogP contribution in [-0.2, 0) is 6.54 Å². The van der Waals surface area contributed by atoms with E-state index in [-0.39, 0.29) is 5.56 Å². The Morgan fingerprint density at radius 2 is 2.21 bits per heavy atom.